The van der Waals surface area contributed by atoms with Gasteiger partial charge in [-0.2, -0.15) is 13.2 Å². The highest BCUT2D eigenvalue weighted by molar-refractivity contribution is 9.12. The lowest BCUT2D eigenvalue weighted by molar-refractivity contribution is -0.143. The standard InChI is InChI=1S/2C8H9Cl2NO2.2C8H10ClNO2.C8H10FNO2.C7H7BrClNO2.C7H7BrFNO2.C7H7Cl2NO2.C6H5BrClNO2.C6H5BrFNO2/c1-4(2)13-8(12)5-3-6(9)11-7(5)10;1-2-3-13-8(12)5-4-6(9)11-7(5)10;1-5(2)12-8(11)6-3-7(9)10-4-6;1-2-5-12-8(11)6-3-4-10-7(6)9;1-5(2)12-8(11)6-3-7(9)10-4-6;2*1-2-12-7(11)4-3-5(9)10-6(4)8;1-2-12-7(11)4-3-5(8)10-6(4)9;2*1-11-6(10)3-2-4(8)9-5(3)7/h4H,3H2,1-2H3;2-4H2,1H3;4-5H,3H2,1-2H3;4H,2-3,5H2,1H3;4-5H,3H2,1-2H3;3*2-3H2,1H3;2*2H2,1H3. The van der Waals surface area contributed by atoms with Crippen LogP contribution in [0, 0.1) is 0 Å². The predicted octanol–water partition coefficient (Wildman–Crippen LogP) is 19.7. The molecule has 0 aromatic carbocycles. The average molecular weight is 2150 g/mol. The third kappa shape index (κ3) is 42.7. The van der Waals surface area contributed by atoms with Gasteiger partial charge in [0.05, 0.1) is 141 Å². The molecule has 0 fully saturated rings. The van der Waals surface area contributed by atoms with Gasteiger partial charge in [-0.05, 0) is 139 Å². The van der Waals surface area contributed by atoms with E-state index < -0.39 is 59.7 Å². The van der Waals surface area contributed by atoms with Gasteiger partial charge in [0, 0.05) is 63.6 Å². The van der Waals surface area contributed by atoms with Gasteiger partial charge in [-0.15, -0.1) is 0 Å². The third-order valence-corrected chi connectivity index (χ3v) is 18.5. The molecule has 10 heterocycles. The number of aliphatic imine (C=N–C) groups is 10. The van der Waals surface area contributed by atoms with E-state index in [1.807, 2.05) is 13.8 Å². The summed E-state index contributed by atoms with van der Waals surface area (Å²) in [7, 11) is 2.56. The number of halogens is 17. The average Bonchev–Trinajstić information content (AvgIpc) is 1.51. The summed E-state index contributed by atoms with van der Waals surface area (Å²) in [6.45, 7) is 21.4. The first-order valence-corrected chi connectivity index (χ1v) is 42.0. The van der Waals surface area contributed by atoms with Gasteiger partial charge in [0.25, 0.3) is 0 Å². The molecular weight excluding hydrogens is 2070 g/mol. The summed E-state index contributed by atoms with van der Waals surface area (Å²) in [5.41, 5.74) is 3.71. The Morgan fingerprint density at radius 2 is 0.642 bits per heavy atom. The van der Waals surface area contributed by atoms with E-state index in [0.29, 0.717) is 131 Å². The summed E-state index contributed by atoms with van der Waals surface area (Å²) >= 11 is 68.2. The maximum absolute atomic E-state index is 12.5. The molecule has 0 aliphatic carbocycles. The molecule has 120 heavy (non-hydrogen) atoms. The molecule has 0 saturated carbocycles. The van der Waals surface area contributed by atoms with E-state index in [1.165, 1.54) is 26.6 Å². The van der Waals surface area contributed by atoms with Crippen molar-refractivity contribution in [2.45, 2.75) is 172 Å². The van der Waals surface area contributed by atoms with Gasteiger partial charge in [-0.1, -0.05) is 130 Å². The Hall–Kier alpha value is -6.59. The van der Waals surface area contributed by atoms with Crippen LogP contribution in [0.2, 0.25) is 0 Å². The van der Waals surface area contributed by atoms with Crippen LogP contribution in [0.25, 0.3) is 0 Å². The van der Waals surface area contributed by atoms with E-state index in [4.69, 9.17) is 149 Å². The molecule has 0 amide bonds. The Morgan fingerprint density at radius 1 is 0.342 bits per heavy atom. The fraction of sp³-hybridized carbons (Fsp3) is 0.452. The molecule has 0 unspecified atom stereocenters. The number of nitrogens with zero attached hydrogens (tertiary/aromatic N) is 10. The second kappa shape index (κ2) is 59.3. The van der Waals surface area contributed by atoms with Crippen molar-refractivity contribution in [3.05, 3.63) is 107 Å². The third-order valence-electron chi connectivity index (χ3n) is 13.3. The first-order valence-electron chi connectivity index (χ1n) is 35.0. The maximum atomic E-state index is 12.5. The highest BCUT2D eigenvalue weighted by atomic mass is 79.9. The van der Waals surface area contributed by atoms with Crippen LogP contribution >= 0.6 is 180 Å². The van der Waals surface area contributed by atoms with Gasteiger partial charge in [-0.25, -0.2) is 97.9 Å². The SMILES string of the molecule is CC(C)OC(=O)C1=C(Cl)N=C(Cl)C1.CC(C)OC(=O)C1=CN=C(Cl)C1.CC(C)OC(=O)C1=CN=C(F)C1.CCCOC(=O)C1=C(Cl)N=C(Cl)C1.CCCOC(=O)C1=C(Cl)N=CC1.CCOC(=O)C1=C(Br)N=C(Cl)C1.CCOC(=O)C1=C(Br)N=C(F)C1.CCOC(=O)C1=C(Cl)N=C(Cl)C1.COC(=O)C1=C(Br)N=C(Cl)C1.COC(=O)C1=C(Br)N=C(F)C1. The highest BCUT2D eigenvalue weighted by Crippen LogP contribution is 2.32. The van der Waals surface area contributed by atoms with Crippen LogP contribution in [0.5, 0.6) is 0 Å². The Labute approximate surface area is 772 Å². The van der Waals surface area contributed by atoms with Crippen LogP contribution in [0.1, 0.15) is 153 Å². The molecule has 0 aromatic heterocycles. The first kappa shape index (κ1) is 111. The lowest BCUT2D eigenvalue weighted by atomic mass is 10.2. The lowest BCUT2D eigenvalue weighted by Gasteiger charge is -2.07. The van der Waals surface area contributed by atoms with Crippen LogP contribution in [-0.2, 0) is 95.3 Å². The molecule has 0 radical (unpaired) electrons. The molecule has 30 nitrogen and oxygen atoms in total. The van der Waals surface area contributed by atoms with Crippen LogP contribution < -0.4 is 0 Å². The Bertz CT molecular complexity index is 4280. The van der Waals surface area contributed by atoms with E-state index in [0.717, 1.165) is 12.8 Å². The topological polar surface area (TPSA) is 387 Å². The molecule has 0 aromatic rings. The fourth-order valence-electron chi connectivity index (χ4n) is 8.04. The second-order valence-electron chi connectivity index (χ2n) is 23.8. The lowest BCUT2D eigenvalue weighted by Crippen LogP contribution is -2.13. The summed E-state index contributed by atoms with van der Waals surface area (Å²) < 4.78 is 86.2. The number of methoxy groups -OCH3 is 2. The summed E-state index contributed by atoms with van der Waals surface area (Å²) in [5.74, 6) is -5.96. The Balaban J connectivity index is 0.000000667. The van der Waals surface area contributed by atoms with Gasteiger partial charge < -0.3 is 47.4 Å². The van der Waals surface area contributed by atoms with E-state index in [2.05, 4.69) is 128 Å². The van der Waals surface area contributed by atoms with Crippen molar-refractivity contribution < 1.29 is 108 Å². The Kier molecular flexibility index (Phi) is 55.0. The molecule has 10 aliphatic rings. The van der Waals surface area contributed by atoms with E-state index in [-0.39, 0.29) is 128 Å². The largest absolute Gasteiger partial charge is 0.466 e. The zero-order valence-electron chi connectivity index (χ0n) is 66.0. The molecule has 10 rings (SSSR count). The number of hydrogen-bond donors (Lipinski definition) is 0. The van der Waals surface area contributed by atoms with Crippen LogP contribution in [0.4, 0.5) is 13.2 Å². The molecular formula is C73H79Br4Cl10F3N10O20. The van der Waals surface area contributed by atoms with Crippen LogP contribution in [-0.4, -0.2) is 180 Å². The summed E-state index contributed by atoms with van der Waals surface area (Å²) in [4.78, 5) is 148. The molecule has 47 heteroatoms. The van der Waals surface area contributed by atoms with Crippen molar-refractivity contribution in [2.75, 3.05) is 47.3 Å². The van der Waals surface area contributed by atoms with Crippen LogP contribution in [0.15, 0.2) is 157 Å². The number of esters is 10. The Morgan fingerprint density at radius 3 is 0.917 bits per heavy atom. The van der Waals surface area contributed by atoms with Crippen molar-refractivity contribution >= 4 is 295 Å². The molecule has 0 bridgehead atoms. The number of ether oxygens (including phenoxy) is 10. The molecule has 10 aliphatic heterocycles. The molecule has 0 saturated heterocycles. The summed E-state index contributed by atoms with van der Waals surface area (Å²) in [6, 6.07) is 0. The highest BCUT2D eigenvalue weighted by Gasteiger charge is 2.30. The van der Waals surface area contributed by atoms with Gasteiger partial charge in [0.2, 0.25) is 0 Å². The molecule has 660 valence electrons. The minimum Gasteiger partial charge on any atom is -0.466 e. The van der Waals surface area contributed by atoms with Gasteiger partial charge in [0.15, 0.2) is 17.9 Å². The van der Waals surface area contributed by atoms with E-state index >= 15 is 0 Å². The molecule has 0 N–H and O–H groups in total. The zero-order chi connectivity index (χ0) is 91.4. The maximum Gasteiger partial charge on any atom is 0.337 e. The van der Waals surface area contributed by atoms with Gasteiger partial charge >= 0.3 is 59.7 Å². The van der Waals surface area contributed by atoms with Gasteiger partial charge in [0.1, 0.15) is 70.1 Å². The molecule has 0 atom stereocenters. The first-order chi connectivity index (χ1) is 56.3. The van der Waals surface area contributed by atoms with Crippen LogP contribution in [0.3, 0.4) is 0 Å². The van der Waals surface area contributed by atoms with Crippen molar-refractivity contribution in [3.63, 3.8) is 0 Å². The monoisotopic (exact) mass is 2140 g/mol. The minimum absolute atomic E-state index is 0.0362. The fourth-order valence-corrected chi connectivity index (χ4v) is 12.6. The van der Waals surface area contributed by atoms with Crippen molar-refractivity contribution in [1.29, 1.82) is 0 Å². The smallest absolute Gasteiger partial charge is 0.337 e. The second-order valence-corrected chi connectivity index (χ2v) is 30.8. The number of hydrogen-bond acceptors (Lipinski definition) is 30. The van der Waals surface area contributed by atoms with E-state index in [1.54, 1.807) is 68.5 Å². The zero-order valence-corrected chi connectivity index (χ0v) is 80.0. The van der Waals surface area contributed by atoms with Crippen molar-refractivity contribution in [3.8, 4) is 0 Å². The number of carbonyl (C=O) groups excluding carboxylic acids is 10. The van der Waals surface area contributed by atoms with Crippen molar-refractivity contribution in [1.82, 2.24) is 0 Å². The predicted molar refractivity (Wildman–Crippen MR) is 472 cm³/mol. The number of carbonyl (C=O) groups is 10. The number of rotatable bonds is 20. The van der Waals surface area contributed by atoms with Gasteiger partial charge in [-0.3, -0.25) is 0 Å². The van der Waals surface area contributed by atoms with E-state index in [9.17, 15) is 61.1 Å². The minimum atomic E-state index is -0.572. The summed E-state index contributed by atoms with van der Waals surface area (Å²) in [6.07, 6.45) is 7.67. The van der Waals surface area contributed by atoms with Crippen molar-refractivity contribution in [2.24, 2.45) is 49.9 Å². The normalized spacial score (nSPS) is 16.3. The summed E-state index contributed by atoms with van der Waals surface area (Å²) in [5, 5.41) is 2.89. The molecule has 0 spiro atoms. The quantitative estimate of drug-likeness (QED) is 0.0620.